The lowest BCUT2D eigenvalue weighted by Crippen LogP contribution is -2.15. The Kier molecular flexibility index (Phi) is 4.39. The first-order chi connectivity index (χ1) is 11.7. The van der Waals surface area contributed by atoms with Crippen molar-refractivity contribution in [3.05, 3.63) is 59.9 Å². The predicted molar refractivity (Wildman–Crippen MR) is 93.0 cm³/mol. The van der Waals surface area contributed by atoms with Crippen molar-refractivity contribution in [2.24, 2.45) is 0 Å². The number of ether oxygens (including phenoxy) is 1. The number of hydrogen-bond donors (Lipinski definition) is 1. The number of nitrogens with one attached hydrogen (secondary N) is 1. The number of nitrogens with zero attached hydrogens (tertiary/aromatic N) is 2. The number of rotatable bonds is 4. The molecule has 2 aromatic heterocycles. The number of carbonyl (C=O) groups is 1. The Balaban J connectivity index is 1.85. The molecule has 24 heavy (non-hydrogen) atoms. The Morgan fingerprint density at radius 1 is 1.25 bits per heavy atom. The number of fused-ring (bicyclic) bond motifs is 1. The average Bonchev–Trinajstić information content (AvgIpc) is 2.59. The highest BCUT2D eigenvalue weighted by Gasteiger charge is 2.13. The molecule has 3 aromatic rings. The van der Waals surface area contributed by atoms with Gasteiger partial charge in [0.1, 0.15) is 18.1 Å². The molecule has 0 unspecified atom stereocenters. The topological polar surface area (TPSA) is 64.1 Å². The lowest BCUT2D eigenvalue weighted by atomic mass is 10.1. The third kappa shape index (κ3) is 3.33. The van der Waals surface area contributed by atoms with Gasteiger partial charge in [-0.2, -0.15) is 0 Å². The molecule has 0 radical (unpaired) electrons. The minimum atomic E-state index is -0.285. The molecule has 1 amide bonds. The van der Waals surface area contributed by atoms with Crippen LogP contribution in [0.25, 0.3) is 11.0 Å². The van der Waals surface area contributed by atoms with Gasteiger partial charge in [-0.05, 0) is 42.8 Å². The summed E-state index contributed by atoms with van der Waals surface area (Å²) in [6.45, 7) is 2.01. The van der Waals surface area contributed by atoms with E-state index in [2.05, 4.69) is 21.2 Å². The second-order valence-corrected chi connectivity index (χ2v) is 5.17. The number of aryl methyl sites for hydroxylation is 1. The maximum atomic E-state index is 12.5. The van der Waals surface area contributed by atoms with Gasteiger partial charge in [-0.15, -0.1) is 6.42 Å². The van der Waals surface area contributed by atoms with E-state index in [0.29, 0.717) is 22.6 Å². The van der Waals surface area contributed by atoms with Crippen molar-refractivity contribution < 1.29 is 9.53 Å². The van der Waals surface area contributed by atoms with E-state index < -0.39 is 0 Å². The molecule has 3 rings (SSSR count). The van der Waals surface area contributed by atoms with Gasteiger partial charge >= 0.3 is 0 Å². The molecule has 0 aliphatic heterocycles. The molecule has 0 spiro atoms. The van der Waals surface area contributed by atoms with Gasteiger partial charge in [0.2, 0.25) is 0 Å². The van der Waals surface area contributed by atoms with Crippen LogP contribution in [0, 0.1) is 19.3 Å². The molecule has 5 heteroatoms. The number of aromatic nitrogens is 2. The Morgan fingerprint density at radius 2 is 2.12 bits per heavy atom. The zero-order valence-corrected chi connectivity index (χ0v) is 13.1. The summed E-state index contributed by atoms with van der Waals surface area (Å²) >= 11 is 0. The second kappa shape index (κ2) is 6.80. The fraction of sp³-hybridized carbons (Fsp3) is 0.105. The molecule has 5 nitrogen and oxygen atoms in total. The summed E-state index contributed by atoms with van der Waals surface area (Å²) in [5.41, 5.74) is 3.18. The number of carbonyl (C=O) groups excluding carboxylic acids is 1. The first-order valence-corrected chi connectivity index (χ1v) is 7.37. The van der Waals surface area contributed by atoms with Crippen LogP contribution < -0.4 is 10.1 Å². The molecule has 0 atom stereocenters. The van der Waals surface area contributed by atoms with Gasteiger partial charge in [-0.1, -0.05) is 12.0 Å². The van der Waals surface area contributed by atoms with E-state index in [9.17, 15) is 4.79 Å². The van der Waals surface area contributed by atoms with Crippen molar-refractivity contribution in [1.29, 1.82) is 0 Å². The first-order valence-electron chi connectivity index (χ1n) is 7.37. The van der Waals surface area contributed by atoms with Gasteiger partial charge in [-0.3, -0.25) is 9.78 Å². The van der Waals surface area contributed by atoms with Gasteiger partial charge in [0.15, 0.2) is 0 Å². The number of anilines is 1. The highest BCUT2D eigenvalue weighted by Crippen LogP contribution is 2.19. The van der Waals surface area contributed by atoms with E-state index in [1.54, 1.807) is 36.5 Å². The summed E-state index contributed by atoms with van der Waals surface area (Å²) in [5.74, 6) is 2.71. The van der Waals surface area contributed by atoms with Crippen molar-refractivity contribution in [1.82, 2.24) is 9.97 Å². The fourth-order valence-electron chi connectivity index (χ4n) is 2.31. The third-order valence-electron chi connectivity index (χ3n) is 3.40. The van der Waals surface area contributed by atoms with Crippen molar-refractivity contribution >= 4 is 22.6 Å². The summed E-state index contributed by atoms with van der Waals surface area (Å²) in [6, 6.07) is 12.5. The molecule has 1 N–H and O–H groups in total. The van der Waals surface area contributed by atoms with E-state index in [1.165, 1.54) is 0 Å². The number of benzene rings is 1. The molecular weight excluding hydrogens is 302 g/mol. The molecular formula is C19H15N3O2. The molecule has 0 saturated carbocycles. The van der Waals surface area contributed by atoms with E-state index >= 15 is 0 Å². The summed E-state index contributed by atoms with van der Waals surface area (Å²) in [4.78, 5) is 21.2. The van der Waals surface area contributed by atoms with Gasteiger partial charge in [0, 0.05) is 18.0 Å². The van der Waals surface area contributed by atoms with Gasteiger partial charge < -0.3 is 10.1 Å². The first kappa shape index (κ1) is 15.5. The monoisotopic (exact) mass is 317 g/mol. The number of terminal acetylenes is 1. The highest BCUT2D eigenvalue weighted by atomic mass is 16.5. The predicted octanol–water partition coefficient (Wildman–Crippen LogP) is 3.20. The highest BCUT2D eigenvalue weighted by molar-refractivity contribution is 6.05. The maximum absolute atomic E-state index is 12.5. The molecule has 2 heterocycles. The van der Waals surface area contributed by atoms with Crippen LogP contribution >= 0.6 is 0 Å². The number of hydrogen-bond acceptors (Lipinski definition) is 4. The third-order valence-corrected chi connectivity index (χ3v) is 3.40. The van der Waals surface area contributed by atoms with E-state index in [1.807, 2.05) is 19.1 Å². The van der Waals surface area contributed by atoms with Crippen LogP contribution in [0.5, 0.6) is 5.75 Å². The summed E-state index contributed by atoms with van der Waals surface area (Å²) < 4.78 is 5.35. The quantitative estimate of drug-likeness (QED) is 0.751. The normalized spacial score (nSPS) is 10.2. The van der Waals surface area contributed by atoms with Crippen molar-refractivity contribution in [2.75, 3.05) is 11.9 Å². The number of pyridine rings is 2. The molecule has 0 fully saturated rings. The molecule has 118 valence electrons. The fourth-order valence-corrected chi connectivity index (χ4v) is 2.31. The molecule has 1 aromatic carbocycles. The van der Waals surface area contributed by atoms with Crippen LogP contribution in [0.4, 0.5) is 5.69 Å². The Bertz CT molecular complexity index is 945. The molecule has 0 bridgehead atoms. The minimum absolute atomic E-state index is 0.176. The lowest BCUT2D eigenvalue weighted by Gasteiger charge is -2.09. The molecule has 0 aliphatic carbocycles. The second-order valence-electron chi connectivity index (χ2n) is 5.17. The van der Waals surface area contributed by atoms with Crippen LogP contribution in [0.15, 0.2) is 48.7 Å². The Labute approximate surface area is 139 Å². The SMILES string of the molecule is C#CCOc1cccc(NC(=O)c2nc3cccnc3cc2C)c1. The lowest BCUT2D eigenvalue weighted by molar-refractivity contribution is 0.102. The largest absolute Gasteiger partial charge is 0.481 e. The summed E-state index contributed by atoms with van der Waals surface area (Å²) in [5, 5.41) is 2.83. The smallest absolute Gasteiger partial charge is 0.274 e. The van der Waals surface area contributed by atoms with Crippen LogP contribution in [0.2, 0.25) is 0 Å². The van der Waals surface area contributed by atoms with Gasteiger partial charge in [0.25, 0.3) is 5.91 Å². The van der Waals surface area contributed by atoms with E-state index in [-0.39, 0.29) is 12.5 Å². The van der Waals surface area contributed by atoms with Crippen molar-refractivity contribution in [3.63, 3.8) is 0 Å². The van der Waals surface area contributed by atoms with E-state index in [4.69, 9.17) is 11.2 Å². The zero-order chi connectivity index (χ0) is 16.9. The average molecular weight is 317 g/mol. The molecule has 0 aliphatic rings. The Morgan fingerprint density at radius 3 is 2.96 bits per heavy atom. The molecule has 0 saturated heterocycles. The Hall–Kier alpha value is -3.39. The van der Waals surface area contributed by atoms with Gasteiger partial charge in [0.05, 0.1) is 11.0 Å². The van der Waals surface area contributed by atoms with Crippen molar-refractivity contribution in [2.45, 2.75) is 6.92 Å². The van der Waals surface area contributed by atoms with E-state index in [0.717, 1.165) is 11.1 Å². The summed E-state index contributed by atoms with van der Waals surface area (Å²) in [6.07, 6.45) is 6.87. The van der Waals surface area contributed by atoms with Crippen LogP contribution in [0.1, 0.15) is 16.1 Å². The zero-order valence-electron chi connectivity index (χ0n) is 13.1. The van der Waals surface area contributed by atoms with Crippen molar-refractivity contribution in [3.8, 4) is 18.1 Å². The van der Waals surface area contributed by atoms with Crippen LogP contribution in [-0.2, 0) is 0 Å². The summed E-state index contributed by atoms with van der Waals surface area (Å²) in [7, 11) is 0. The van der Waals surface area contributed by atoms with Crippen LogP contribution in [0.3, 0.4) is 0 Å². The maximum Gasteiger partial charge on any atom is 0.274 e. The van der Waals surface area contributed by atoms with Gasteiger partial charge in [-0.25, -0.2) is 4.98 Å². The minimum Gasteiger partial charge on any atom is -0.481 e. The van der Waals surface area contributed by atoms with Crippen LogP contribution in [-0.4, -0.2) is 22.5 Å². The standard InChI is InChI=1S/C19H15N3O2/c1-3-10-24-15-7-4-6-14(12-15)21-19(23)18-13(2)11-17-16(22-18)8-5-9-20-17/h1,4-9,11-12H,10H2,2H3,(H,21,23). The number of amides is 1.